The molecule has 1 rings (SSSR count). The molecule has 1 N–H and O–H groups in total. The number of halogens is 4. The lowest BCUT2D eigenvalue weighted by molar-refractivity contribution is -0.0327. The zero-order valence-electron chi connectivity index (χ0n) is 8.55. The second kappa shape index (κ2) is 5.90. The van der Waals surface area contributed by atoms with Gasteiger partial charge in [-0.2, -0.15) is 13.2 Å². The van der Waals surface area contributed by atoms with Crippen LogP contribution in [0.4, 0.5) is 17.6 Å². The second-order valence-corrected chi connectivity index (χ2v) is 4.19. The Kier molecular flexibility index (Phi) is 4.80. The molecule has 0 saturated heterocycles. The molecule has 0 fully saturated rings. The number of amides is 1. The molecule has 1 aromatic rings. The molecule has 94 valence electrons. The van der Waals surface area contributed by atoms with Crippen molar-refractivity contribution in [2.45, 2.75) is 5.51 Å². The van der Waals surface area contributed by atoms with E-state index in [1.54, 1.807) is 0 Å². The molecular weight excluding hydrogens is 258 g/mol. The zero-order valence-corrected chi connectivity index (χ0v) is 9.37. The quantitative estimate of drug-likeness (QED) is 0.671. The lowest BCUT2D eigenvalue weighted by Gasteiger charge is -2.07. The lowest BCUT2D eigenvalue weighted by Crippen LogP contribution is -2.27. The maximum absolute atomic E-state index is 13.1. The lowest BCUT2D eigenvalue weighted by atomic mass is 10.2. The number of hydrogen-bond acceptors (Lipinski definition) is 2. The highest BCUT2D eigenvalue weighted by molar-refractivity contribution is 8.00. The van der Waals surface area contributed by atoms with Crippen LogP contribution >= 0.6 is 11.8 Å². The summed E-state index contributed by atoms with van der Waals surface area (Å²) >= 11 is -0.234. The Morgan fingerprint density at radius 1 is 1.29 bits per heavy atom. The minimum atomic E-state index is -4.32. The SMILES string of the molecule is O=C(NCCSC(F)(F)F)c1ccccc1F. The van der Waals surface area contributed by atoms with Crippen LogP contribution in [0.2, 0.25) is 0 Å². The Morgan fingerprint density at radius 2 is 1.94 bits per heavy atom. The van der Waals surface area contributed by atoms with Crippen molar-refractivity contribution in [1.82, 2.24) is 5.32 Å². The molecule has 1 aromatic carbocycles. The molecule has 2 nitrogen and oxygen atoms in total. The first-order valence-electron chi connectivity index (χ1n) is 4.63. The van der Waals surface area contributed by atoms with Gasteiger partial charge in [0.05, 0.1) is 5.56 Å². The van der Waals surface area contributed by atoms with Gasteiger partial charge in [0.2, 0.25) is 0 Å². The Balaban J connectivity index is 2.39. The van der Waals surface area contributed by atoms with Gasteiger partial charge in [-0.05, 0) is 23.9 Å². The first-order chi connectivity index (χ1) is 7.90. The van der Waals surface area contributed by atoms with Crippen molar-refractivity contribution in [1.29, 1.82) is 0 Å². The smallest absolute Gasteiger partial charge is 0.351 e. The van der Waals surface area contributed by atoms with Crippen molar-refractivity contribution in [3.05, 3.63) is 35.6 Å². The maximum Gasteiger partial charge on any atom is 0.441 e. The summed E-state index contributed by atoms with van der Waals surface area (Å²) in [5.74, 6) is -1.72. The third kappa shape index (κ3) is 5.08. The van der Waals surface area contributed by atoms with Gasteiger partial charge in [0.1, 0.15) is 5.82 Å². The molecule has 0 aliphatic heterocycles. The first kappa shape index (κ1) is 13.8. The van der Waals surface area contributed by atoms with E-state index in [4.69, 9.17) is 0 Å². The third-order valence-electron chi connectivity index (χ3n) is 1.77. The van der Waals surface area contributed by atoms with E-state index in [-0.39, 0.29) is 29.6 Å². The van der Waals surface area contributed by atoms with E-state index < -0.39 is 17.2 Å². The fourth-order valence-corrected chi connectivity index (χ4v) is 1.51. The summed E-state index contributed by atoms with van der Waals surface area (Å²) < 4.78 is 48.4. The van der Waals surface area contributed by atoms with Crippen molar-refractivity contribution >= 4 is 17.7 Å². The zero-order chi connectivity index (χ0) is 12.9. The molecule has 0 aliphatic rings. The van der Waals surface area contributed by atoms with Gasteiger partial charge in [-0.25, -0.2) is 4.39 Å². The van der Waals surface area contributed by atoms with E-state index >= 15 is 0 Å². The Morgan fingerprint density at radius 3 is 2.53 bits per heavy atom. The highest BCUT2D eigenvalue weighted by Gasteiger charge is 2.27. The van der Waals surface area contributed by atoms with Crippen LogP contribution in [-0.2, 0) is 0 Å². The van der Waals surface area contributed by atoms with E-state index in [0.717, 1.165) is 6.07 Å². The van der Waals surface area contributed by atoms with Crippen LogP contribution in [0.25, 0.3) is 0 Å². The van der Waals surface area contributed by atoms with E-state index in [1.165, 1.54) is 18.2 Å². The summed E-state index contributed by atoms with van der Waals surface area (Å²) in [6, 6.07) is 5.27. The summed E-state index contributed by atoms with van der Waals surface area (Å²) in [4.78, 5) is 11.3. The minimum absolute atomic E-state index is 0.169. The summed E-state index contributed by atoms with van der Waals surface area (Å²) in [6.45, 7) is -0.169. The molecular formula is C10H9F4NOS. The van der Waals surface area contributed by atoms with Crippen molar-refractivity contribution in [2.24, 2.45) is 0 Å². The van der Waals surface area contributed by atoms with Crippen molar-refractivity contribution in [3.8, 4) is 0 Å². The number of thioether (sulfide) groups is 1. The number of benzene rings is 1. The van der Waals surface area contributed by atoms with Crippen LogP contribution < -0.4 is 5.32 Å². The van der Waals surface area contributed by atoms with Gasteiger partial charge in [-0.15, -0.1) is 0 Å². The van der Waals surface area contributed by atoms with E-state index in [2.05, 4.69) is 5.32 Å². The fraction of sp³-hybridized carbons (Fsp3) is 0.300. The molecule has 0 spiro atoms. The molecule has 0 saturated carbocycles. The fourth-order valence-electron chi connectivity index (χ4n) is 1.07. The van der Waals surface area contributed by atoms with E-state index in [0.29, 0.717) is 0 Å². The molecule has 0 radical (unpaired) electrons. The predicted octanol–water partition coefficient (Wildman–Crippen LogP) is 2.81. The van der Waals surface area contributed by atoms with E-state index in [9.17, 15) is 22.4 Å². The van der Waals surface area contributed by atoms with Gasteiger partial charge in [0.25, 0.3) is 5.91 Å². The van der Waals surface area contributed by atoms with Crippen LogP contribution in [-0.4, -0.2) is 23.7 Å². The van der Waals surface area contributed by atoms with Gasteiger partial charge in [0, 0.05) is 12.3 Å². The number of hydrogen-bond donors (Lipinski definition) is 1. The number of carbonyl (C=O) groups is 1. The molecule has 0 aliphatic carbocycles. The molecule has 17 heavy (non-hydrogen) atoms. The van der Waals surface area contributed by atoms with Crippen molar-refractivity contribution < 1.29 is 22.4 Å². The molecule has 0 bridgehead atoms. The van der Waals surface area contributed by atoms with Crippen LogP contribution in [0.5, 0.6) is 0 Å². The van der Waals surface area contributed by atoms with Crippen LogP contribution in [0.15, 0.2) is 24.3 Å². The second-order valence-electron chi connectivity index (χ2n) is 3.03. The summed E-state index contributed by atoms with van der Waals surface area (Å²) in [5, 5.41) is 2.21. The van der Waals surface area contributed by atoms with Gasteiger partial charge < -0.3 is 5.32 Å². The Bertz CT molecular complexity index is 394. The van der Waals surface area contributed by atoms with E-state index in [1.807, 2.05) is 0 Å². The molecule has 7 heteroatoms. The Labute approximate surface area is 99.4 Å². The number of nitrogens with one attached hydrogen (secondary N) is 1. The van der Waals surface area contributed by atoms with Gasteiger partial charge >= 0.3 is 5.51 Å². The topological polar surface area (TPSA) is 29.1 Å². The summed E-state index contributed by atoms with van der Waals surface area (Å²) in [6.07, 6.45) is 0. The number of rotatable bonds is 4. The number of alkyl halides is 3. The van der Waals surface area contributed by atoms with Gasteiger partial charge in [-0.1, -0.05) is 12.1 Å². The highest BCUT2D eigenvalue weighted by atomic mass is 32.2. The van der Waals surface area contributed by atoms with Gasteiger partial charge in [0.15, 0.2) is 0 Å². The minimum Gasteiger partial charge on any atom is -0.351 e. The molecule has 1 amide bonds. The average Bonchev–Trinajstić information content (AvgIpc) is 2.23. The standard InChI is InChI=1S/C10H9F4NOS/c11-8-4-2-1-3-7(8)9(16)15-5-6-17-10(12,13)14/h1-4H,5-6H2,(H,15,16). The monoisotopic (exact) mass is 267 g/mol. The van der Waals surface area contributed by atoms with Crippen molar-refractivity contribution in [3.63, 3.8) is 0 Å². The molecule has 0 heterocycles. The molecule has 0 unspecified atom stereocenters. The highest BCUT2D eigenvalue weighted by Crippen LogP contribution is 2.29. The molecule has 0 aromatic heterocycles. The average molecular weight is 267 g/mol. The summed E-state index contributed by atoms with van der Waals surface area (Å²) in [5.41, 5.74) is -4.49. The Hall–Kier alpha value is -1.24. The van der Waals surface area contributed by atoms with Crippen molar-refractivity contribution in [2.75, 3.05) is 12.3 Å². The maximum atomic E-state index is 13.1. The van der Waals surface area contributed by atoms with Gasteiger partial charge in [-0.3, -0.25) is 4.79 Å². The third-order valence-corrected chi connectivity index (χ3v) is 2.51. The van der Waals surface area contributed by atoms with Crippen LogP contribution in [0, 0.1) is 5.82 Å². The summed E-state index contributed by atoms with van der Waals surface area (Å²) in [7, 11) is 0. The normalized spacial score (nSPS) is 11.3. The first-order valence-corrected chi connectivity index (χ1v) is 5.62. The number of carbonyl (C=O) groups excluding carboxylic acids is 1. The van der Waals surface area contributed by atoms with Crippen LogP contribution in [0.3, 0.4) is 0 Å². The molecule has 0 atom stereocenters. The largest absolute Gasteiger partial charge is 0.441 e. The van der Waals surface area contributed by atoms with Crippen LogP contribution in [0.1, 0.15) is 10.4 Å². The predicted molar refractivity (Wildman–Crippen MR) is 57.2 cm³/mol.